The zero-order valence-electron chi connectivity index (χ0n) is 25.7. The predicted octanol–water partition coefficient (Wildman–Crippen LogP) is 9.59. The second-order valence-corrected chi connectivity index (χ2v) is 9.77. The number of furan rings is 1. The van der Waals surface area contributed by atoms with Crippen LogP contribution in [-0.4, -0.2) is 15.0 Å². The summed E-state index contributed by atoms with van der Waals surface area (Å²) in [7, 11) is 0. The van der Waals surface area contributed by atoms with Crippen LogP contribution in [0.5, 0.6) is 0 Å². The lowest BCUT2D eigenvalue weighted by Crippen LogP contribution is -2.00. The summed E-state index contributed by atoms with van der Waals surface area (Å²) in [6, 6.07) is 36.7. The van der Waals surface area contributed by atoms with E-state index in [2.05, 4.69) is 24.3 Å². The van der Waals surface area contributed by atoms with E-state index < -0.39 is 0 Å². The van der Waals surface area contributed by atoms with Crippen molar-refractivity contribution in [2.75, 3.05) is 0 Å². The lowest BCUT2D eigenvalue weighted by molar-refractivity contribution is 0.669. The summed E-state index contributed by atoms with van der Waals surface area (Å²) in [6.45, 7) is 0. The SMILES string of the molecule is [2H]c1cc([2H])c2oc3c([2H])cc([2H])c(-c4cccc(-c5nc(-c6ccccc6)nc(-c6ccc7ccccc7c6)n5)c4)c3c2c1. The van der Waals surface area contributed by atoms with Crippen molar-refractivity contribution >= 4 is 32.7 Å². The Morgan fingerprint density at radius 2 is 1.17 bits per heavy atom. The van der Waals surface area contributed by atoms with Crippen LogP contribution < -0.4 is 0 Å². The molecule has 0 unspecified atom stereocenters. The summed E-state index contributed by atoms with van der Waals surface area (Å²) in [4.78, 5) is 14.7. The highest BCUT2D eigenvalue weighted by atomic mass is 16.3. The summed E-state index contributed by atoms with van der Waals surface area (Å²) in [6.07, 6.45) is 0. The Bertz CT molecular complexity index is 2440. The van der Waals surface area contributed by atoms with Gasteiger partial charge in [0.25, 0.3) is 0 Å². The molecule has 0 spiro atoms. The van der Waals surface area contributed by atoms with Gasteiger partial charge in [0.2, 0.25) is 0 Å². The molecule has 8 aromatic rings. The van der Waals surface area contributed by atoms with E-state index in [0.717, 1.165) is 27.5 Å². The molecular weight excluding hydrogens is 502 g/mol. The van der Waals surface area contributed by atoms with Crippen LogP contribution in [0.3, 0.4) is 0 Å². The largest absolute Gasteiger partial charge is 0.456 e. The molecule has 0 radical (unpaired) electrons. The third-order valence-corrected chi connectivity index (χ3v) is 7.21. The summed E-state index contributed by atoms with van der Waals surface area (Å²) >= 11 is 0. The average Bonchev–Trinajstić information content (AvgIpc) is 3.45. The Kier molecular flexibility index (Phi) is 4.53. The third kappa shape index (κ3) is 4.14. The highest BCUT2D eigenvalue weighted by molar-refractivity contribution is 6.12. The molecule has 0 N–H and O–H groups in total. The molecule has 6 aromatic carbocycles. The third-order valence-electron chi connectivity index (χ3n) is 7.21. The minimum absolute atomic E-state index is 0.0574. The highest BCUT2D eigenvalue weighted by Crippen LogP contribution is 2.37. The number of rotatable bonds is 4. The Morgan fingerprint density at radius 3 is 2.02 bits per heavy atom. The lowest BCUT2D eigenvalue weighted by Gasteiger charge is -2.10. The van der Waals surface area contributed by atoms with Gasteiger partial charge in [0.05, 0.1) is 5.48 Å². The Hall–Kier alpha value is -5.61. The van der Waals surface area contributed by atoms with Gasteiger partial charge >= 0.3 is 0 Å². The molecule has 4 heteroatoms. The minimum atomic E-state index is 0.0574. The van der Waals surface area contributed by atoms with E-state index in [1.807, 2.05) is 72.8 Å². The van der Waals surface area contributed by atoms with Gasteiger partial charge in [-0.15, -0.1) is 0 Å². The molecule has 192 valence electrons. The molecular formula is C37H23N3O. The average molecular weight is 530 g/mol. The Labute approximate surface area is 242 Å². The molecule has 0 fully saturated rings. The van der Waals surface area contributed by atoms with E-state index in [1.54, 1.807) is 6.07 Å². The van der Waals surface area contributed by atoms with Crippen LogP contribution >= 0.6 is 0 Å². The summed E-state index contributed by atoms with van der Waals surface area (Å²) in [5, 5.41) is 3.30. The van der Waals surface area contributed by atoms with Crippen LogP contribution in [0.4, 0.5) is 0 Å². The first kappa shape index (κ1) is 19.4. The molecule has 2 heterocycles. The summed E-state index contributed by atoms with van der Waals surface area (Å²) in [5.74, 6) is 1.57. The number of hydrogen-bond acceptors (Lipinski definition) is 4. The lowest BCUT2D eigenvalue weighted by atomic mass is 9.98. The fourth-order valence-corrected chi connectivity index (χ4v) is 5.24. The fraction of sp³-hybridized carbons (Fsp3) is 0. The van der Waals surface area contributed by atoms with Gasteiger partial charge < -0.3 is 4.42 Å². The van der Waals surface area contributed by atoms with Gasteiger partial charge in [0.1, 0.15) is 11.2 Å². The Morgan fingerprint density at radius 1 is 0.488 bits per heavy atom. The minimum Gasteiger partial charge on any atom is -0.456 e. The van der Waals surface area contributed by atoms with Crippen LogP contribution in [0, 0.1) is 0 Å². The maximum Gasteiger partial charge on any atom is 0.164 e. The summed E-state index contributed by atoms with van der Waals surface area (Å²) in [5.41, 5.74) is 4.30. The fourth-order valence-electron chi connectivity index (χ4n) is 5.24. The number of benzene rings is 6. The van der Waals surface area contributed by atoms with Crippen LogP contribution in [0.25, 0.3) is 78.0 Å². The maximum absolute atomic E-state index is 8.89. The standard InChI is InChI=1S/C37H23N3O/c1-2-11-25(12-3-1)35-38-36(40-37(39-35)29-21-20-24-10-4-5-13-26(24)22-29)28-15-8-14-27(23-28)30-17-9-19-33-34(30)31-16-6-7-18-32(31)41-33/h1-23H/i6D,17D,18D,19D. The van der Waals surface area contributed by atoms with Crippen molar-refractivity contribution in [3.05, 3.63) is 139 Å². The first-order valence-corrected chi connectivity index (χ1v) is 13.3. The maximum atomic E-state index is 8.89. The van der Waals surface area contributed by atoms with Gasteiger partial charge in [-0.2, -0.15) is 0 Å². The Balaban J connectivity index is 1.34. The second-order valence-electron chi connectivity index (χ2n) is 9.77. The first-order chi connectivity index (χ1) is 21.9. The van der Waals surface area contributed by atoms with Gasteiger partial charge in [-0.25, -0.2) is 15.0 Å². The number of aromatic nitrogens is 3. The zero-order valence-corrected chi connectivity index (χ0v) is 21.7. The number of fused-ring (bicyclic) bond motifs is 4. The molecule has 0 saturated carbocycles. The van der Waals surface area contributed by atoms with Gasteiger partial charge in [-0.1, -0.05) is 115 Å². The van der Waals surface area contributed by atoms with Crippen molar-refractivity contribution in [2.45, 2.75) is 0 Å². The van der Waals surface area contributed by atoms with Crippen molar-refractivity contribution in [2.24, 2.45) is 0 Å². The van der Waals surface area contributed by atoms with Crippen molar-refractivity contribution in [3.63, 3.8) is 0 Å². The second kappa shape index (κ2) is 9.54. The molecule has 41 heavy (non-hydrogen) atoms. The molecule has 0 aliphatic carbocycles. The molecule has 0 bridgehead atoms. The van der Waals surface area contributed by atoms with Crippen LogP contribution in [0.1, 0.15) is 5.48 Å². The van der Waals surface area contributed by atoms with Gasteiger partial charge in [0.15, 0.2) is 17.5 Å². The van der Waals surface area contributed by atoms with E-state index >= 15 is 0 Å². The normalized spacial score (nSPS) is 12.8. The van der Waals surface area contributed by atoms with Crippen LogP contribution in [0.15, 0.2) is 144 Å². The van der Waals surface area contributed by atoms with E-state index in [0.29, 0.717) is 45.0 Å². The molecule has 0 aliphatic heterocycles. The quantitative estimate of drug-likeness (QED) is 0.228. The van der Waals surface area contributed by atoms with Crippen molar-refractivity contribution in [3.8, 4) is 45.3 Å². The van der Waals surface area contributed by atoms with E-state index in [1.165, 1.54) is 12.1 Å². The zero-order chi connectivity index (χ0) is 30.7. The smallest absolute Gasteiger partial charge is 0.164 e. The molecule has 4 nitrogen and oxygen atoms in total. The van der Waals surface area contributed by atoms with Crippen LogP contribution in [0.2, 0.25) is 0 Å². The van der Waals surface area contributed by atoms with Gasteiger partial charge in [0, 0.05) is 27.5 Å². The van der Waals surface area contributed by atoms with Crippen molar-refractivity contribution in [1.82, 2.24) is 15.0 Å². The molecule has 0 saturated heterocycles. The topological polar surface area (TPSA) is 51.8 Å². The van der Waals surface area contributed by atoms with E-state index in [-0.39, 0.29) is 29.8 Å². The van der Waals surface area contributed by atoms with Crippen LogP contribution in [-0.2, 0) is 0 Å². The molecule has 0 amide bonds. The monoisotopic (exact) mass is 529 g/mol. The molecule has 0 aliphatic rings. The highest BCUT2D eigenvalue weighted by Gasteiger charge is 2.15. The van der Waals surface area contributed by atoms with Gasteiger partial charge in [-0.05, 0) is 46.1 Å². The number of para-hydroxylation sites is 1. The van der Waals surface area contributed by atoms with E-state index in [9.17, 15) is 0 Å². The number of nitrogens with zero attached hydrogens (tertiary/aromatic N) is 3. The predicted molar refractivity (Wildman–Crippen MR) is 166 cm³/mol. The molecule has 0 atom stereocenters. The van der Waals surface area contributed by atoms with Gasteiger partial charge in [-0.3, -0.25) is 0 Å². The van der Waals surface area contributed by atoms with E-state index in [4.69, 9.17) is 24.9 Å². The van der Waals surface area contributed by atoms with Crippen molar-refractivity contribution < 1.29 is 9.90 Å². The first-order valence-electron chi connectivity index (χ1n) is 15.3. The van der Waals surface area contributed by atoms with Crippen molar-refractivity contribution in [1.29, 1.82) is 0 Å². The number of hydrogen-bond donors (Lipinski definition) is 0. The molecule has 2 aromatic heterocycles. The molecule has 8 rings (SSSR count). The summed E-state index contributed by atoms with van der Waals surface area (Å²) < 4.78 is 40.0.